The third-order valence-corrected chi connectivity index (χ3v) is 6.41. The maximum absolute atomic E-state index is 13.1. The Balaban J connectivity index is 1.32. The highest BCUT2D eigenvalue weighted by molar-refractivity contribution is 6.06. The first-order valence-electron chi connectivity index (χ1n) is 11.2. The van der Waals surface area contributed by atoms with E-state index in [9.17, 15) is 9.59 Å². The van der Waals surface area contributed by atoms with Crippen molar-refractivity contribution in [1.82, 2.24) is 24.2 Å². The normalized spacial score (nSPS) is 14.8. The molecule has 164 valence electrons. The molecular weight excluding hydrogens is 402 g/mol. The van der Waals surface area contributed by atoms with Gasteiger partial charge in [0, 0.05) is 42.7 Å². The Bertz CT molecular complexity index is 1290. The number of carbonyl (C=O) groups is 1. The van der Waals surface area contributed by atoms with E-state index in [4.69, 9.17) is 5.10 Å². The van der Waals surface area contributed by atoms with Crippen LogP contribution in [0.4, 0.5) is 0 Å². The lowest BCUT2D eigenvalue weighted by Gasteiger charge is -2.31. The molecule has 5 rings (SSSR count). The van der Waals surface area contributed by atoms with Crippen LogP contribution in [0.1, 0.15) is 47.4 Å². The maximum atomic E-state index is 13.1. The summed E-state index contributed by atoms with van der Waals surface area (Å²) in [7, 11) is 0. The Labute approximate surface area is 186 Å². The summed E-state index contributed by atoms with van der Waals surface area (Å²) >= 11 is 0. The summed E-state index contributed by atoms with van der Waals surface area (Å²) < 4.78 is 3.35. The van der Waals surface area contributed by atoms with Crippen LogP contribution < -0.4 is 5.69 Å². The standard InChI is InChI=1S/C25H27N5O2/c1-2-29-23(27-30(25(29)32)17-18-8-4-3-5-9-18)19-12-14-28(15-13-19)24(31)21-16-26-22-11-7-6-10-20(21)22/h3-11,16,19,26H,2,12-15,17H2,1H3. The second-order valence-corrected chi connectivity index (χ2v) is 8.34. The zero-order chi connectivity index (χ0) is 22.1. The van der Waals surface area contributed by atoms with Gasteiger partial charge in [0.1, 0.15) is 5.82 Å². The van der Waals surface area contributed by atoms with Gasteiger partial charge in [-0.2, -0.15) is 5.10 Å². The number of hydrogen-bond donors (Lipinski definition) is 1. The quantitative estimate of drug-likeness (QED) is 0.527. The lowest BCUT2D eigenvalue weighted by atomic mass is 9.95. The van der Waals surface area contributed by atoms with E-state index in [1.54, 1.807) is 15.4 Å². The van der Waals surface area contributed by atoms with Gasteiger partial charge in [0.2, 0.25) is 0 Å². The first-order valence-corrected chi connectivity index (χ1v) is 11.2. The van der Waals surface area contributed by atoms with Crippen molar-refractivity contribution in [3.05, 3.63) is 88.2 Å². The molecule has 0 atom stereocenters. The largest absolute Gasteiger partial charge is 0.360 e. The lowest BCUT2D eigenvalue weighted by molar-refractivity contribution is 0.0712. The summed E-state index contributed by atoms with van der Waals surface area (Å²) in [6.45, 7) is 4.36. The van der Waals surface area contributed by atoms with Gasteiger partial charge in [-0.25, -0.2) is 9.48 Å². The molecule has 0 radical (unpaired) electrons. The number of aromatic amines is 1. The number of aromatic nitrogens is 4. The molecule has 0 spiro atoms. The predicted octanol–water partition coefficient (Wildman–Crippen LogP) is 3.61. The third-order valence-electron chi connectivity index (χ3n) is 6.41. The maximum Gasteiger partial charge on any atom is 0.346 e. The Morgan fingerprint density at radius 3 is 2.53 bits per heavy atom. The summed E-state index contributed by atoms with van der Waals surface area (Å²) in [4.78, 5) is 31.2. The summed E-state index contributed by atoms with van der Waals surface area (Å²) in [5.74, 6) is 1.07. The average molecular weight is 430 g/mol. The molecule has 0 aliphatic carbocycles. The molecule has 0 saturated carbocycles. The topological polar surface area (TPSA) is 75.9 Å². The minimum Gasteiger partial charge on any atom is -0.360 e. The van der Waals surface area contributed by atoms with Crippen LogP contribution in [-0.2, 0) is 13.1 Å². The van der Waals surface area contributed by atoms with E-state index in [-0.39, 0.29) is 17.5 Å². The fourth-order valence-corrected chi connectivity index (χ4v) is 4.68. The van der Waals surface area contributed by atoms with E-state index in [2.05, 4.69) is 4.98 Å². The van der Waals surface area contributed by atoms with E-state index in [0.717, 1.165) is 40.7 Å². The van der Waals surface area contributed by atoms with E-state index in [0.29, 0.717) is 26.2 Å². The van der Waals surface area contributed by atoms with Gasteiger partial charge in [-0.3, -0.25) is 9.36 Å². The Kier molecular flexibility index (Phi) is 5.39. The summed E-state index contributed by atoms with van der Waals surface area (Å²) in [5, 5.41) is 5.68. The Morgan fingerprint density at radius 1 is 1.06 bits per heavy atom. The molecule has 32 heavy (non-hydrogen) atoms. The number of fused-ring (bicyclic) bond motifs is 1. The SMILES string of the molecule is CCn1c(C2CCN(C(=O)c3c[nH]c4ccccc34)CC2)nn(Cc2ccccc2)c1=O. The van der Waals surface area contributed by atoms with Gasteiger partial charge in [-0.15, -0.1) is 0 Å². The van der Waals surface area contributed by atoms with E-state index in [1.165, 1.54) is 0 Å². The molecular formula is C25H27N5O2. The highest BCUT2D eigenvalue weighted by Crippen LogP contribution is 2.28. The van der Waals surface area contributed by atoms with Crippen molar-refractivity contribution >= 4 is 16.8 Å². The van der Waals surface area contributed by atoms with Crippen molar-refractivity contribution in [2.75, 3.05) is 13.1 Å². The fraction of sp³-hybridized carbons (Fsp3) is 0.320. The van der Waals surface area contributed by atoms with Crippen molar-refractivity contribution in [3.8, 4) is 0 Å². The lowest BCUT2D eigenvalue weighted by Crippen LogP contribution is -2.38. The van der Waals surface area contributed by atoms with Gasteiger partial charge in [0.05, 0.1) is 12.1 Å². The number of nitrogens with zero attached hydrogens (tertiary/aromatic N) is 4. The van der Waals surface area contributed by atoms with Crippen LogP contribution in [0.2, 0.25) is 0 Å². The average Bonchev–Trinajstić information content (AvgIpc) is 3.40. The van der Waals surface area contributed by atoms with E-state index in [1.807, 2.05) is 66.4 Å². The molecule has 7 heteroatoms. The number of carbonyl (C=O) groups excluding carboxylic acids is 1. The van der Waals surface area contributed by atoms with Crippen LogP contribution in [0.3, 0.4) is 0 Å². The van der Waals surface area contributed by atoms with Crippen LogP contribution in [0.25, 0.3) is 10.9 Å². The van der Waals surface area contributed by atoms with Gasteiger partial charge >= 0.3 is 5.69 Å². The van der Waals surface area contributed by atoms with Crippen LogP contribution in [0.5, 0.6) is 0 Å². The number of nitrogens with one attached hydrogen (secondary N) is 1. The van der Waals surface area contributed by atoms with Crippen LogP contribution in [-0.4, -0.2) is 43.2 Å². The molecule has 0 bridgehead atoms. The molecule has 1 aliphatic heterocycles. The highest BCUT2D eigenvalue weighted by Gasteiger charge is 2.29. The zero-order valence-corrected chi connectivity index (χ0v) is 18.2. The minimum atomic E-state index is -0.0661. The summed E-state index contributed by atoms with van der Waals surface area (Å²) in [6, 6.07) is 17.8. The number of H-pyrrole nitrogens is 1. The van der Waals surface area contributed by atoms with Crippen LogP contribution >= 0.6 is 0 Å². The molecule has 3 heterocycles. The number of hydrogen-bond acceptors (Lipinski definition) is 3. The van der Waals surface area contributed by atoms with Gasteiger partial charge < -0.3 is 9.88 Å². The van der Waals surface area contributed by atoms with E-state index >= 15 is 0 Å². The number of piperidine rings is 1. The van der Waals surface area contributed by atoms with Gasteiger partial charge in [0.15, 0.2) is 0 Å². The number of rotatable bonds is 5. The smallest absolute Gasteiger partial charge is 0.346 e. The first kappa shape index (κ1) is 20.3. The molecule has 1 fully saturated rings. The summed E-state index contributed by atoms with van der Waals surface area (Å²) in [6.07, 6.45) is 3.41. The van der Waals surface area contributed by atoms with Gasteiger partial charge in [0.25, 0.3) is 5.91 Å². The molecule has 1 aliphatic rings. The van der Waals surface area contributed by atoms with Crippen molar-refractivity contribution in [2.45, 2.75) is 38.8 Å². The highest BCUT2D eigenvalue weighted by atomic mass is 16.2. The second kappa shape index (κ2) is 8.49. The van der Waals surface area contributed by atoms with Crippen molar-refractivity contribution < 1.29 is 4.79 Å². The molecule has 4 aromatic rings. The van der Waals surface area contributed by atoms with Gasteiger partial charge in [-0.05, 0) is 31.4 Å². The fourth-order valence-electron chi connectivity index (χ4n) is 4.68. The van der Waals surface area contributed by atoms with Crippen LogP contribution in [0, 0.1) is 0 Å². The molecule has 1 N–H and O–H groups in total. The molecule has 1 amide bonds. The minimum absolute atomic E-state index is 0.0587. The van der Waals surface area contributed by atoms with Crippen molar-refractivity contribution in [1.29, 1.82) is 0 Å². The number of para-hydroxylation sites is 1. The van der Waals surface area contributed by atoms with Gasteiger partial charge in [-0.1, -0.05) is 48.5 Å². The number of benzene rings is 2. The Morgan fingerprint density at radius 2 is 1.78 bits per heavy atom. The third kappa shape index (κ3) is 3.64. The number of likely N-dealkylation sites (tertiary alicyclic amines) is 1. The van der Waals surface area contributed by atoms with Crippen molar-refractivity contribution in [3.63, 3.8) is 0 Å². The monoisotopic (exact) mass is 429 g/mol. The van der Waals surface area contributed by atoms with Crippen LogP contribution in [0.15, 0.2) is 65.6 Å². The van der Waals surface area contributed by atoms with E-state index < -0.39 is 0 Å². The van der Waals surface area contributed by atoms with Crippen molar-refractivity contribution in [2.24, 2.45) is 0 Å². The molecule has 7 nitrogen and oxygen atoms in total. The number of amides is 1. The molecule has 0 unspecified atom stereocenters. The molecule has 1 saturated heterocycles. The molecule has 2 aromatic heterocycles. The predicted molar refractivity (Wildman–Crippen MR) is 124 cm³/mol. The summed E-state index contributed by atoms with van der Waals surface area (Å²) in [5.41, 5.74) is 2.68. The Hall–Kier alpha value is -3.61. The second-order valence-electron chi connectivity index (χ2n) is 8.34. The zero-order valence-electron chi connectivity index (χ0n) is 18.2. The first-order chi connectivity index (χ1) is 15.7. The molecule has 2 aromatic carbocycles.